The van der Waals surface area contributed by atoms with Gasteiger partial charge in [0, 0.05) is 44.5 Å². The van der Waals surface area contributed by atoms with E-state index in [1.807, 2.05) is 0 Å². The molecule has 0 saturated heterocycles. The molecule has 1 aromatic heterocycles. The van der Waals surface area contributed by atoms with Gasteiger partial charge in [0.05, 0.1) is 19.2 Å². The number of thioether (sulfide) groups is 1. The largest absolute Gasteiger partial charge is 0.481 e. The van der Waals surface area contributed by atoms with E-state index < -0.39 is 175 Å². The number of carbonyl (C=O) groups is 15. The summed E-state index contributed by atoms with van der Waals surface area (Å²) in [4.78, 5) is 200. The van der Waals surface area contributed by atoms with Gasteiger partial charge < -0.3 is 86.0 Å². The minimum absolute atomic E-state index is 0.0991. The van der Waals surface area contributed by atoms with E-state index in [0.717, 1.165) is 6.92 Å². The molecule has 32 nitrogen and oxygen atoms in total. The Balaban J connectivity index is 3.62. The Hall–Kier alpha value is -8.39. The third-order valence-corrected chi connectivity index (χ3v) is 12.7. The van der Waals surface area contributed by atoms with Gasteiger partial charge in [-0.25, -0.2) is 4.98 Å². The smallest absolute Gasteiger partial charge is 0.305 e. The Morgan fingerprint density at radius 1 is 0.531 bits per heavy atom. The zero-order chi connectivity index (χ0) is 61.7. The lowest BCUT2D eigenvalue weighted by atomic mass is 9.96. The molecule has 1 heterocycles. The van der Waals surface area contributed by atoms with Gasteiger partial charge in [-0.2, -0.15) is 11.8 Å². The molecule has 0 unspecified atom stereocenters. The van der Waals surface area contributed by atoms with Crippen molar-refractivity contribution in [1.82, 2.24) is 57.8 Å². The normalized spacial score (nSPS) is 14.7. The van der Waals surface area contributed by atoms with Crippen LogP contribution >= 0.6 is 11.8 Å². The van der Waals surface area contributed by atoms with Crippen LogP contribution in [0.1, 0.15) is 111 Å². The summed E-state index contributed by atoms with van der Waals surface area (Å²) >= 11 is 1.26. The molecule has 33 heteroatoms. The molecule has 1 rings (SSSR count). The Morgan fingerprint density at radius 2 is 0.963 bits per heavy atom. The summed E-state index contributed by atoms with van der Waals surface area (Å²) in [5.41, 5.74) is 21.3. The fourth-order valence-electron chi connectivity index (χ4n) is 7.59. The van der Waals surface area contributed by atoms with Gasteiger partial charge >= 0.3 is 11.9 Å². The van der Waals surface area contributed by atoms with Crippen LogP contribution in [0.2, 0.25) is 0 Å². The molecule has 0 fully saturated rings. The van der Waals surface area contributed by atoms with Crippen molar-refractivity contribution in [3.05, 3.63) is 18.2 Å². The van der Waals surface area contributed by atoms with Crippen LogP contribution in [0.5, 0.6) is 0 Å². The minimum atomic E-state index is -1.83. The van der Waals surface area contributed by atoms with E-state index in [9.17, 15) is 82.1 Å². The maximum atomic E-state index is 14.4. The van der Waals surface area contributed by atoms with Gasteiger partial charge in [-0.05, 0) is 55.9 Å². The number of rotatable bonds is 40. The third-order valence-electron chi connectivity index (χ3n) is 12.0. The van der Waals surface area contributed by atoms with Crippen molar-refractivity contribution in [2.24, 2.45) is 34.8 Å². The molecule has 81 heavy (non-hydrogen) atoms. The summed E-state index contributed by atoms with van der Waals surface area (Å²) in [6.07, 6.45) is -0.593. The Bertz CT molecular complexity index is 2410. The van der Waals surface area contributed by atoms with Crippen LogP contribution in [0.3, 0.4) is 0 Å². The second-order valence-electron chi connectivity index (χ2n) is 19.4. The highest BCUT2D eigenvalue weighted by atomic mass is 32.2. The summed E-state index contributed by atoms with van der Waals surface area (Å²) in [6.45, 7) is 7.65. The Kier molecular flexibility index (Phi) is 31.4. The van der Waals surface area contributed by atoms with Crippen molar-refractivity contribution in [2.75, 3.05) is 12.0 Å². The topological polar surface area (TPSA) is 538 Å². The third kappa shape index (κ3) is 27.9. The molecule has 0 aliphatic carbocycles. The van der Waals surface area contributed by atoms with Crippen molar-refractivity contribution in [1.29, 1.82) is 0 Å². The van der Waals surface area contributed by atoms with Crippen LogP contribution in [0, 0.1) is 11.8 Å². The van der Waals surface area contributed by atoms with Crippen LogP contribution in [-0.2, 0) is 78.3 Å². The summed E-state index contributed by atoms with van der Waals surface area (Å²) < 4.78 is 0. The Labute approximate surface area is 470 Å². The lowest BCUT2D eigenvalue weighted by molar-refractivity contribution is -0.141. The number of nitrogens with one attached hydrogen (secondary N) is 10. The number of primary amides is 4. The molecule has 20 N–H and O–H groups in total. The zero-order valence-electron chi connectivity index (χ0n) is 45.9. The molecule has 0 radical (unpaired) electrons. The average Bonchev–Trinajstić information content (AvgIpc) is 3.89. The number of hydrogen-bond acceptors (Lipinski definition) is 17. The number of carboxylic acids is 2. The fraction of sp³-hybridized carbons (Fsp3) is 0.625. The first kappa shape index (κ1) is 70.6. The highest BCUT2D eigenvalue weighted by Gasteiger charge is 2.37. The molecule has 1 aromatic rings. The number of nitrogens with two attached hydrogens (primary N) is 4. The second kappa shape index (κ2) is 36.0. The molecule has 13 amide bonds. The van der Waals surface area contributed by atoms with E-state index in [1.54, 1.807) is 34.0 Å². The standard InChI is InChI=1S/C48H77N15O17S/c1-7-23(4)39(48(80)58-29(14-15-81-6)43(75)62-33(19-38(70)71)46(78)56-26(40(52)72)8-11-34(49)65)63-47(79)31(17-25-20-53-21-54-25)60-42(74)28(10-13-37(68)69)57-44(76)30(16-22(2)3)59-45(77)32(18-36(51)67)61-41(73)27(55-24(5)64)9-12-35(50)66/h20-23,26-33,39H,7-19H2,1-6H3,(H2,49,65)(H2,50,66)(H2,51,67)(H2,52,72)(H,53,54)(H,55,64)(H,56,78)(H,57,76)(H,58,80)(H,59,77)(H,60,74)(H,61,73)(H,62,75)(H,63,79)(H,68,69)(H,70,71)/t23-,26-,27-,28-,29-,30-,31-,32-,33-,39-/m0/s1. The number of imidazole rings is 1. The number of carbonyl (C=O) groups excluding carboxylic acids is 13. The number of aromatic amines is 1. The van der Waals surface area contributed by atoms with Gasteiger partial charge in [-0.3, -0.25) is 71.9 Å². The predicted molar refractivity (Wildman–Crippen MR) is 286 cm³/mol. The zero-order valence-corrected chi connectivity index (χ0v) is 46.7. The van der Waals surface area contributed by atoms with Gasteiger partial charge in [0.2, 0.25) is 76.8 Å². The van der Waals surface area contributed by atoms with Crippen LogP contribution in [0.25, 0.3) is 0 Å². The maximum absolute atomic E-state index is 14.4. The van der Waals surface area contributed by atoms with Crippen LogP contribution in [0.4, 0.5) is 0 Å². The SMILES string of the molecule is CC[C@H](C)[C@H](NC(=O)[C@H](Cc1cnc[nH]1)NC(=O)[C@H](CCC(=O)O)NC(=O)[C@H](CC(C)C)NC(=O)[C@H](CC(N)=O)NC(=O)[C@H](CCC(N)=O)NC(C)=O)C(=O)N[C@@H](CCSC)C(=O)N[C@@H](CC(=O)O)C(=O)N[C@@H](CCC(N)=O)C(N)=O. The van der Waals surface area contributed by atoms with Crippen LogP contribution in [0.15, 0.2) is 12.5 Å². The lowest BCUT2D eigenvalue weighted by Gasteiger charge is -2.30. The summed E-state index contributed by atoms with van der Waals surface area (Å²) in [5, 5.41) is 40.8. The predicted octanol–water partition coefficient (Wildman–Crippen LogP) is -5.59. The van der Waals surface area contributed by atoms with Gasteiger partial charge in [0.1, 0.15) is 54.4 Å². The molecular formula is C48H77N15O17S. The number of aromatic nitrogens is 2. The Morgan fingerprint density at radius 3 is 1.42 bits per heavy atom. The number of nitrogens with zero attached hydrogens (tertiary/aromatic N) is 1. The summed E-state index contributed by atoms with van der Waals surface area (Å²) in [5.74, 6) is -16.8. The molecule has 0 aliphatic rings. The quantitative estimate of drug-likeness (QED) is 0.0291. The minimum Gasteiger partial charge on any atom is -0.481 e. The van der Waals surface area contributed by atoms with Crippen LogP contribution < -0.4 is 70.8 Å². The van der Waals surface area contributed by atoms with Gasteiger partial charge in [-0.1, -0.05) is 34.1 Å². The maximum Gasteiger partial charge on any atom is 0.305 e. The first-order valence-corrected chi connectivity index (χ1v) is 27.0. The molecule has 0 saturated carbocycles. The summed E-state index contributed by atoms with van der Waals surface area (Å²) in [7, 11) is 0. The molecular weight excluding hydrogens is 1090 g/mol. The lowest BCUT2D eigenvalue weighted by Crippen LogP contribution is -2.61. The second-order valence-corrected chi connectivity index (χ2v) is 20.3. The van der Waals surface area contributed by atoms with E-state index >= 15 is 0 Å². The van der Waals surface area contributed by atoms with E-state index in [1.165, 1.54) is 24.3 Å². The highest BCUT2D eigenvalue weighted by Crippen LogP contribution is 2.14. The molecule has 0 bridgehead atoms. The van der Waals surface area contributed by atoms with Gasteiger partial charge in [0.15, 0.2) is 0 Å². The number of amides is 13. The van der Waals surface area contributed by atoms with Crippen molar-refractivity contribution in [2.45, 2.75) is 166 Å². The summed E-state index contributed by atoms with van der Waals surface area (Å²) in [6, 6.07) is -14.3. The van der Waals surface area contributed by atoms with Crippen molar-refractivity contribution in [3.8, 4) is 0 Å². The first-order chi connectivity index (χ1) is 37.9. The van der Waals surface area contributed by atoms with E-state index in [-0.39, 0.29) is 68.7 Å². The van der Waals surface area contributed by atoms with E-state index in [2.05, 4.69) is 57.8 Å². The monoisotopic (exact) mass is 1170 g/mol. The fourth-order valence-corrected chi connectivity index (χ4v) is 8.06. The van der Waals surface area contributed by atoms with Crippen molar-refractivity contribution >= 4 is 100 Å². The molecule has 0 aliphatic heterocycles. The molecule has 0 spiro atoms. The average molecular weight is 1170 g/mol. The highest BCUT2D eigenvalue weighted by molar-refractivity contribution is 7.98. The number of carboxylic acid groups (broad SMARTS) is 2. The van der Waals surface area contributed by atoms with E-state index in [0.29, 0.717) is 0 Å². The first-order valence-electron chi connectivity index (χ1n) is 25.6. The number of hydrogen-bond donors (Lipinski definition) is 16. The van der Waals surface area contributed by atoms with Crippen molar-refractivity contribution < 1.29 is 82.1 Å². The van der Waals surface area contributed by atoms with Crippen LogP contribution in [-0.4, -0.2) is 175 Å². The number of aliphatic carboxylic acids is 2. The van der Waals surface area contributed by atoms with Gasteiger partial charge in [0.25, 0.3) is 0 Å². The van der Waals surface area contributed by atoms with Gasteiger partial charge in [-0.15, -0.1) is 0 Å². The van der Waals surface area contributed by atoms with E-state index in [4.69, 9.17) is 22.9 Å². The molecule has 0 aromatic carbocycles. The molecule has 10 atom stereocenters. The number of H-pyrrole nitrogens is 1. The molecule has 452 valence electrons. The van der Waals surface area contributed by atoms with Crippen molar-refractivity contribution in [3.63, 3.8) is 0 Å².